The van der Waals surface area contributed by atoms with Gasteiger partial charge in [-0.25, -0.2) is 4.79 Å². The molecule has 0 heterocycles. The van der Waals surface area contributed by atoms with E-state index in [-0.39, 0.29) is 18.6 Å². The number of hydrogen-bond donors (Lipinski definition) is 1. The topological polar surface area (TPSA) is 60.9 Å². The lowest BCUT2D eigenvalue weighted by Crippen LogP contribution is -2.47. The van der Waals surface area contributed by atoms with Crippen LogP contribution in [0.15, 0.2) is 24.3 Å². The lowest BCUT2D eigenvalue weighted by Gasteiger charge is -2.31. The largest absolute Gasteiger partial charge is 0.480 e. The van der Waals surface area contributed by atoms with Gasteiger partial charge in [0, 0.05) is 18.8 Å². The van der Waals surface area contributed by atoms with Gasteiger partial charge in [-0.1, -0.05) is 31.0 Å². The van der Waals surface area contributed by atoms with Crippen molar-refractivity contribution in [1.82, 2.24) is 4.90 Å². The summed E-state index contributed by atoms with van der Waals surface area (Å²) in [5, 5.41) is 9.06. The van der Waals surface area contributed by atoms with Crippen molar-refractivity contribution in [3.63, 3.8) is 0 Å². The van der Waals surface area contributed by atoms with Crippen LogP contribution < -0.4 is 4.90 Å². The molecule has 0 aliphatic carbocycles. The highest BCUT2D eigenvalue weighted by atomic mass is 16.4. The molecule has 2 amide bonds. The molecular formula is C16H24N2O3. The van der Waals surface area contributed by atoms with E-state index in [0.717, 1.165) is 18.4 Å². The highest BCUT2D eigenvalue weighted by molar-refractivity contribution is 5.96. The molecule has 0 spiro atoms. The zero-order valence-corrected chi connectivity index (χ0v) is 13.2. The SMILES string of the molecule is CCCC(C)N(C)C(=O)N(CC(=O)O)c1ccc(C)cc1. The molecule has 5 heteroatoms. The zero-order chi connectivity index (χ0) is 16.0. The van der Waals surface area contributed by atoms with Crippen molar-refractivity contribution in [2.75, 3.05) is 18.5 Å². The molecule has 1 aromatic carbocycles. The molecule has 0 radical (unpaired) electrons. The summed E-state index contributed by atoms with van der Waals surface area (Å²) < 4.78 is 0. The summed E-state index contributed by atoms with van der Waals surface area (Å²) in [7, 11) is 1.71. The van der Waals surface area contributed by atoms with E-state index in [1.165, 1.54) is 4.90 Å². The molecule has 1 atom stereocenters. The van der Waals surface area contributed by atoms with Gasteiger partial charge in [-0.3, -0.25) is 9.69 Å². The third-order valence-electron chi connectivity index (χ3n) is 3.54. The maximum Gasteiger partial charge on any atom is 0.325 e. The van der Waals surface area contributed by atoms with Crippen molar-refractivity contribution in [1.29, 1.82) is 0 Å². The Balaban J connectivity index is 2.99. The predicted octanol–water partition coefficient (Wildman–Crippen LogP) is 3.13. The first-order valence-electron chi connectivity index (χ1n) is 7.19. The molecule has 1 rings (SSSR count). The molecule has 1 aromatic rings. The minimum Gasteiger partial charge on any atom is -0.480 e. The highest BCUT2D eigenvalue weighted by Gasteiger charge is 2.24. The van der Waals surface area contributed by atoms with Gasteiger partial charge in [0.1, 0.15) is 6.54 Å². The fraction of sp³-hybridized carbons (Fsp3) is 0.500. The van der Waals surface area contributed by atoms with Crippen LogP contribution in [-0.2, 0) is 4.79 Å². The number of aryl methyl sites for hydroxylation is 1. The first-order chi connectivity index (χ1) is 9.86. The second kappa shape index (κ2) is 7.67. The van der Waals surface area contributed by atoms with Gasteiger partial charge in [0.15, 0.2) is 0 Å². The summed E-state index contributed by atoms with van der Waals surface area (Å²) in [4.78, 5) is 26.5. The number of anilines is 1. The Hall–Kier alpha value is -2.04. The van der Waals surface area contributed by atoms with E-state index >= 15 is 0 Å². The number of benzene rings is 1. The Morgan fingerprint density at radius 3 is 2.29 bits per heavy atom. The first kappa shape index (κ1) is 17.0. The molecular weight excluding hydrogens is 268 g/mol. The van der Waals surface area contributed by atoms with E-state index in [0.29, 0.717) is 5.69 Å². The number of hydrogen-bond acceptors (Lipinski definition) is 2. The number of aliphatic carboxylic acids is 1. The van der Waals surface area contributed by atoms with Crippen molar-refractivity contribution >= 4 is 17.7 Å². The van der Waals surface area contributed by atoms with Crippen molar-refractivity contribution in [3.05, 3.63) is 29.8 Å². The molecule has 5 nitrogen and oxygen atoms in total. The number of carboxylic acids is 1. The fourth-order valence-corrected chi connectivity index (χ4v) is 2.12. The fourth-order valence-electron chi connectivity index (χ4n) is 2.12. The third kappa shape index (κ3) is 4.77. The van der Waals surface area contributed by atoms with Crippen LogP contribution >= 0.6 is 0 Å². The van der Waals surface area contributed by atoms with E-state index in [1.54, 1.807) is 24.1 Å². The predicted molar refractivity (Wildman–Crippen MR) is 83.7 cm³/mol. The monoisotopic (exact) mass is 292 g/mol. The number of rotatable bonds is 6. The highest BCUT2D eigenvalue weighted by Crippen LogP contribution is 2.18. The van der Waals surface area contributed by atoms with E-state index in [1.807, 2.05) is 26.0 Å². The van der Waals surface area contributed by atoms with Gasteiger partial charge in [-0.2, -0.15) is 0 Å². The van der Waals surface area contributed by atoms with Gasteiger partial charge in [0.2, 0.25) is 0 Å². The molecule has 1 unspecified atom stereocenters. The van der Waals surface area contributed by atoms with Crippen LogP contribution in [0.4, 0.5) is 10.5 Å². The normalized spacial score (nSPS) is 11.8. The molecule has 0 saturated heterocycles. The number of nitrogens with zero attached hydrogens (tertiary/aromatic N) is 2. The van der Waals surface area contributed by atoms with Gasteiger partial charge in [-0.05, 0) is 32.4 Å². The molecule has 0 saturated carbocycles. The van der Waals surface area contributed by atoms with Gasteiger partial charge in [0.25, 0.3) is 0 Å². The van der Waals surface area contributed by atoms with E-state index in [9.17, 15) is 9.59 Å². The molecule has 0 aromatic heterocycles. The number of carboxylic acid groups (broad SMARTS) is 1. The second-order valence-electron chi connectivity index (χ2n) is 5.35. The molecule has 116 valence electrons. The number of amides is 2. The van der Waals surface area contributed by atoms with Gasteiger partial charge >= 0.3 is 12.0 Å². The van der Waals surface area contributed by atoms with Crippen LogP contribution in [0, 0.1) is 6.92 Å². The van der Waals surface area contributed by atoms with E-state index in [4.69, 9.17) is 5.11 Å². The Labute approximate surface area is 126 Å². The Morgan fingerprint density at radius 1 is 1.24 bits per heavy atom. The lowest BCUT2D eigenvalue weighted by atomic mass is 10.2. The van der Waals surface area contributed by atoms with Gasteiger partial charge in [0.05, 0.1) is 0 Å². The summed E-state index contributed by atoms with van der Waals surface area (Å²) in [6.45, 7) is 5.63. The van der Waals surface area contributed by atoms with Crippen LogP contribution in [0.5, 0.6) is 0 Å². The average molecular weight is 292 g/mol. The summed E-state index contributed by atoms with van der Waals surface area (Å²) in [6.07, 6.45) is 1.86. The van der Waals surface area contributed by atoms with Crippen LogP contribution in [-0.4, -0.2) is 41.6 Å². The molecule has 0 fully saturated rings. The maximum atomic E-state index is 12.6. The quantitative estimate of drug-likeness (QED) is 0.876. The smallest absolute Gasteiger partial charge is 0.325 e. The summed E-state index contributed by atoms with van der Waals surface area (Å²) in [5.74, 6) is -1.03. The Bertz CT molecular complexity index is 485. The minimum atomic E-state index is -1.03. The van der Waals surface area contributed by atoms with Crippen molar-refractivity contribution < 1.29 is 14.7 Å². The second-order valence-corrected chi connectivity index (χ2v) is 5.35. The van der Waals surface area contributed by atoms with Crippen LogP contribution in [0.25, 0.3) is 0 Å². The van der Waals surface area contributed by atoms with E-state index < -0.39 is 5.97 Å². The molecule has 1 N–H and O–H groups in total. The van der Waals surface area contributed by atoms with Crippen LogP contribution in [0.2, 0.25) is 0 Å². The lowest BCUT2D eigenvalue weighted by molar-refractivity contribution is -0.135. The number of carbonyl (C=O) groups excluding carboxylic acids is 1. The van der Waals surface area contributed by atoms with Crippen molar-refractivity contribution in [2.24, 2.45) is 0 Å². The van der Waals surface area contributed by atoms with E-state index in [2.05, 4.69) is 6.92 Å². The Kier molecular flexibility index (Phi) is 6.21. The standard InChI is InChI=1S/C16H24N2O3/c1-5-6-13(3)17(4)16(21)18(11-15(19)20)14-9-7-12(2)8-10-14/h7-10,13H,5-6,11H2,1-4H3,(H,19,20). The van der Waals surface area contributed by atoms with Crippen molar-refractivity contribution in [3.8, 4) is 0 Å². The van der Waals surface area contributed by atoms with Crippen molar-refractivity contribution in [2.45, 2.75) is 39.7 Å². The molecule has 0 aliphatic heterocycles. The summed E-state index contributed by atoms with van der Waals surface area (Å²) >= 11 is 0. The third-order valence-corrected chi connectivity index (χ3v) is 3.54. The molecule has 0 bridgehead atoms. The minimum absolute atomic E-state index is 0.0734. The molecule has 21 heavy (non-hydrogen) atoms. The first-order valence-corrected chi connectivity index (χ1v) is 7.19. The van der Waals surface area contributed by atoms with Crippen LogP contribution in [0.3, 0.4) is 0 Å². The van der Waals surface area contributed by atoms with Crippen LogP contribution in [0.1, 0.15) is 32.3 Å². The molecule has 0 aliphatic rings. The zero-order valence-electron chi connectivity index (χ0n) is 13.2. The maximum absolute atomic E-state index is 12.6. The Morgan fingerprint density at radius 2 is 1.81 bits per heavy atom. The average Bonchev–Trinajstić information content (AvgIpc) is 2.44. The number of carbonyl (C=O) groups is 2. The van der Waals surface area contributed by atoms with Gasteiger partial charge in [-0.15, -0.1) is 0 Å². The number of urea groups is 1. The summed E-state index contributed by atoms with van der Waals surface area (Å²) in [5.41, 5.74) is 1.66. The summed E-state index contributed by atoms with van der Waals surface area (Å²) in [6, 6.07) is 7.06. The van der Waals surface area contributed by atoms with Gasteiger partial charge < -0.3 is 10.0 Å².